The van der Waals surface area contributed by atoms with E-state index in [2.05, 4.69) is 20.6 Å². The normalized spacial score (nSPS) is 11.5. The molecule has 7 nitrogen and oxygen atoms in total. The van der Waals surface area contributed by atoms with Crippen molar-refractivity contribution in [2.75, 3.05) is 25.6 Å². The Morgan fingerprint density at radius 2 is 1.76 bits per heavy atom. The van der Waals surface area contributed by atoms with Crippen LogP contribution in [0.5, 0.6) is 11.5 Å². The van der Waals surface area contributed by atoms with Crippen molar-refractivity contribution in [2.45, 2.75) is 6.18 Å². The summed E-state index contributed by atoms with van der Waals surface area (Å²) in [5.74, 6) is 0.471. The van der Waals surface area contributed by atoms with Crippen molar-refractivity contribution in [3.05, 3.63) is 42.2 Å². The summed E-state index contributed by atoms with van der Waals surface area (Å²) < 4.78 is 49.7. The van der Waals surface area contributed by atoms with E-state index in [0.717, 1.165) is 5.75 Å². The van der Waals surface area contributed by atoms with Gasteiger partial charge >= 0.3 is 6.18 Å². The maximum Gasteiger partial charge on any atom is 0.453 e. The average molecular weight is 353 g/mol. The molecule has 1 aromatic carbocycles. The minimum Gasteiger partial charge on any atom is -0.497 e. The number of hydrogen-bond acceptors (Lipinski definition) is 6. The van der Waals surface area contributed by atoms with E-state index in [1.54, 1.807) is 31.4 Å². The van der Waals surface area contributed by atoms with Gasteiger partial charge in [-0.3, -0.25) is 0 Å². The molecule has 0 aliphatic heterocycles. The third-order valence-corrected chi connectivity index (χ3v) is 3.25. The Morgan fingerprint density at radius 1 is 1.04 bits per heavy atom. The molecule has 0 radical (unpaired) electrons. The lowest BCUT2D eigenvalue weighted by atomic mass is 10.3. The van der Waals surface area contributed by atoms with Gasteiger partial charge in [-0.05, 0) is 36.4 Å². The van der Waals surface area contributed by atoms with Gasteiger partial charge in [0, 0.05) is 0 Å². The quantitative estimate of drug-likeness (QED) is 0.687. The largest absolute Gasteiger partial charge is 0.497 e. The van der Waals surface area contributed by atoms with Crippen molar-refractivity contribution in [1.82, 2.24) is 19.8 Å². The maximum atomic E-state index is 12.8. The molecule has 3 aromatic rings. The van der Waals surface area contributed by atoms with Crippen molar-refractivity contribution >= 4 is 11.5 Å². The number of hydrogen-bond donors (Lipinski definition) is 1. The second-order valence-electron chi connectivity index (χ2n) is 4.96. The summed E-state index contributed by atoms with van der Waals surface area (Å²) in [4.78, 5) is 0. The van der Waals surface area contributed by atoms with Crippen LogP contribution in [0.4, 0.5) is 19.0 Å². The van der Waals surface area contributed by atoms with E-state index in [1.165, 1.54) is 12.1 Å². The monoisotopic (exact) mass is 353 g/mol. The molecule has 132 valence electrons. The number of benzene rings is 1. The Labute approximate surface area is 140 Å². The summed E-state index contributed by atoms with van der Waals surface area (Å²) in [5, 5.41) is 13.3. The molecule has 3 rings (SSSR count). The van der Waals surface area contributed by atoms with Crippen molar-refractivity contribution in [3.8, 4) is 11.5 Å². The molecule has 0 atom stereocenters. The lowest BCUT2D eigenvalue weighted by Gasteiger charge is -2.09. The summed E-state index contributed by atoms with van der Waals surface area (Å²) in [7, 11) is 1.57. The van der Waals surface area contributed by atoms with E-state index in [-0.39, 0.29) is 11.5 Å². The van der Waals surface area contributed by atoms with Gasteiger partial charge in [-0.15, -0.1) is 15.3 Å². The van der Waals surface area contributed by atoms with Gasteiger partial charge in [0.2, 0.25) is 0 Å². The number of anilines is 1. The zero-order valence-corrected chi connectivity index (χ0v) is 13.1. The van der Waals surface area contributed by atoms with Crippen LogP contribution in [0.1, 0.15) is 5.82 Å². The zero-order valence-electron chi connectivity index (χ0n) is 13.1. The first-order chi connectivity index (χ1) is 12.0. The van der Waals surface area contributed by atoms with E-state index >= 15 is 0 Å². The van der Waals surface area contributed by atoms with Crippen LogP contribution < -0.4 is 14.8 Å². The molecule has 1 N–H and O–H groups in total. The first kappa shape index (κ1) is 16.8. The highest BCUT2D eigenvalue weighted by molar-refractivity contribution is 5.44. The van der Waals surface area contributed by atoms with Gasteiger partial charge in [-0.2, -0.15) is 17.7 Å². The van der Waals surface area contributed by atoms with Crippen LogP contribution in [0.3, 0.4) is 0 Å². The van der Waals surface area contributed by atoms with Crippen LogP contribution in [0.2, 0.25) is 0 Å². The summed E-state index contributed by atoms with van der Waals surface area (Å²) >= 11 is 0. The molecule has 0 saturated heterocycles. The highest BCUT2D eigenvalue weighted by Gasteiger charge is 2.37. The molecule has 25 heavy (non-hydrogen) atoms. The van der Waals surface area contributed by atoms with Gasteiger partial charge in [0.1, 0.15) is 23.9 Å². The highest BCUT2D eigenvalue weighted by atomic mass is 19.4. The minimum absolute atomic E-state index is 0.0207. The minimum atomic E-state index is -4.62. The van der Waals surface area contributed by atoms with Gasteiger partial charge in [-0.25, -0.2) is 0 Å². The number of nitrogens with zero attached hydrogens (tertiary/aromatic N) is 4. The topological polar surface area (TPSA) is 73.6 Å². The van der Waals surface area contributed by atoms with Crippen LogP contribution in [0.15, 0.2) is 36.4 Å². The SMILES string of the molecule is COc1ccc(OCCNc2ccc3nnc(C(F)(F)F)n3n2)cc1. The fourth-order valence-electron chi connectivity index (χ4n) is 2.08. The molecular weight excluding hydrogens is 339 g/mol. The second-order valence-corrected chi connectivity index (χ2v) is 4.96. The molecule has 0 fully saturated rings. The Balaban J connectivity index is 1.59. The third kappa shape index (κ3) is 3.90. The molecule has 2 heterocycles. The maximum absolute atomic E-state index is 12.8. The molecule has 0 bridgehead atoms. The molecule has 0 unspecified atom stereocenters. The molecular formula is C15H14F3N5O2. The van der Waals surface area contributed by atoms with Crippen LogP contribution in [-0.4, -0.2) is 40.1 Å². The lowest BCUT2D eigenvalue weighted by molar-refractivity contribution is -0.146. The Bertz CT molecular complexity index is 848. The predicted octanol–water partition coefficient (Wildman–Crippen LogP) is 2.64. The number of rotatable bonds is 6. The van der Waals surface area contributed by atoms with Crippen molar-refractivity contribution in [3.63, 3.8) is 0 Å². The first-order valence-corrected chi connectivity index (χ1v) is 7.28. The number of nitrogens with one attached hydrogen (secondary N) is 1. The van der Waals surface area contributed by atoms with E-state index in [1.807, 2.05) is 0 Å². The van der Waals surface area contributed by atoms with Crippen LogP contribution in [0.25, 0.3) is 5.65 Å². The van der Waals surface area contributed by atoms with Crippen molar-refractivity contribution in [2.24, 2.45) is 0 Å². The fourth-order valence-corrected chi connectivity index (χ4v) is 2.08. The van der Waals surface area contributed by atoms with Gasteiger partial charge in [0.15, 0.2) is 5.65 Å². The van der Waals surface area contributed by atoms with Gasteiger partial charge in [-0.1, -0.05) is 0 Å². The highest BCUT2D eigenvalue weighted by Crippen LogP contribution is 2.27. The van der Waals surface area contributed by atoms with Crippen molar-refractivity contribution in [1.29, 1.82) is 0 Å². The Morgan fingerprint density at radius 3 is 2.44 bits per heavy atom. The van der Waals surface area contributed by atoms with E-state index in [4.69, 9.17) is 9.47 Å². The average Bonchev–Trinajstić information content (AvgIpc) is 3.03. The first-order valence-electron chi connectivity index (χ1n) is 7.28. The van der Waals surface area contributed by atoms with Crippen LogP contribution >= 0.6 is 0 Å². The standard InChI is InChI=1S/C15H14F3N5O2/c1-24-10-2-4-11(5-3-10)25-9-8-19-12-6-7-13-20-21-14(15(16,17)18)23(13)22-12/h2-7H,8-9H2,1H3,(H,19,22). The molecule has 0 spiro atoms. The van der Waals surface area contributed by atoms with Gasteiger partial charge < -0.3 is 14.8 Å². The molecule has 2 aromatic heterocycles. The number of fused-ring (bicyclic) bond motifs is 1. The summed E-state index contributed by atoms with van der Waals surface area (Å²) in [6.07, 6.45) is -4.62. The Kier molecular flexibility index (Phi) is 4.59. The number of methoxy groups -OCH3 is 1. The van der Waals surface area contributed by atoms with Gasteiger partial charge in [0.25, 0.3) is 5.82 Å². The van der Waals surface area contributed by atoms with E-state index in [0.29, 0.717) is 23.4 Å². The summed E-state index contributed by atoms with van der Waals surface area (Å²) in [5.41, 5.74) is 0.0207. The summed E-state index contributed by atoms with van der Waals surface area (Å²) in [6.45, 7) is 0.661. The van der Waals surface area contributed by atoms with E-state index < -0.39 is 12.0 Å². The second kappa shape index (κ2) is 6.83. The van der Waals surface area contributed by atoms with Gasteiger partial charge in [0.05, 0.1) is 13.7 Å². The van der Waals surface area contributed by atoms with Crippen LogP contribution in [0, 0.1) is 0 Å². The number of aromatic nitrogens is 4. The van der Waals surface area contributed by atoms with Crippen molar-refractivity contribution < 1.29 is 22.6 Å². The summed E-state index contributed by atoms with van der Waals surface area (Å²) in [6, 6.07) is 9.98. The number of ether oxygens (including phenoxy) is 2. The fraction of sp³-hybridized carbons (Fsp3) is 0.267. The number of halogens is 3. The molecule has 0 saturated carbocycles. The smallest absolute Gasteiger partial charge is 0.453 e. The Hall–Kier alpha value is -3.04. The lowest BCUT2D eigenvalue weighted by Crippen LogP contribution is -2.15. The molecule has 10 heteroatoms. The molecule has 0 aliphatic rings. The molecule has 0 amide bonds. The van der Waals surface area contributed by atoms with Crippen LogP contribution in [-0.2, 0) is 6.18 Å². The zero-order chi connectivity index (χ0) is 17.9. The third-order valence-electron chi connectivity index (χ3n) is 3.25. The number of alkyl halides is 3. The van der Waals surface area contributed by atoms with E-state index in [9.17, 15) is 13.2 Å². The molecule has 0 aliphatic carbocycles. The predicted molar refractivity (Wildman–Crippen MR) is 82.8 cm³/mol.